The minimum atomic E-state index is -0.517. The van der Waals surface area contributed by atoms with Gasteiger partial charge in [0.15, 0.2) is 18.1 Å². The second-order valence-electron chi connectivity index (χ2n) is 9.29. The van der Waals surface area contributed by atoms with Crippen LogP contribution >= 0.6 is 0 Å². The lowest BCUT2D eigenvalue weighted by Gasteiger charge is -2.12. The summed E-state index contributed by atoms with van der Waals surface area (Å²) in [4.78, 5) is 24.8. The topological polar surface area (TPSA) is 95.5 Å². The highest BCUT2D eigenvalue weighted by atomic mass is 16.6. The predicted molar refractivity (Wildman–Crippen MR) is 151 cm³/mol. The van der Waals surface area contributed by atoms with Crippen molar-refractivity contribution in [2.24, 2.45) is 5.10 Å². The number of methoxy groups -OCH3 is 1. The van der Waals surface area contributed by atoms with Gasteiger partial charge in [0, 0.05) is 0 Å². The van der Waals surface area contributed by atoms with Crippen molar-refractivity contribution in [2.45, 2.75) is 46.5 Å². The molecule has 0 aromatic heterocycles. The molecule has 0 saturated carbocycles. The Labute approximate surface area is 229 Å². The second kappa shape index (κ2) is 14.6. The lowest BCUT2D eigenvalue weighted by molar-refractivity contribution is -0.123. The smallest absolute Gasteiger partial charge is 0.343 e. The highest BCUT2D eigenvalue weighted by molar-refractivity contribution is 5.92. The van der Waals surface area contributed by atoms with Crippen LogP contribution in [0.4, 0.5) is 0 Å². The number of carbonyl (C=O) groups excluding carboxylic acids is 2. The molecule has 0 unspecified atom stereocenters. The van der Waals surface area contributed by atoms with Gasteiger partial charge in [0.1, 0.15) is 11.5 Å². The molecule has 3 rings (SSSR count). The summed E-state index contributed by atoms with van der Waals surface area (Å²) in [6, 6.07) is 17.7. The highest BCUT2D eigenvalue weighted by Crippen LogP contribution is 2.29. The van der Waals surface area contributed by atoms with Crippen LogP contribution in [0.1, 0.15) is 66.6 Å². The SMILES string of the molecule is CCCCOc1ccc(C(=O)Oc2ccc(/C=N\NC(=O)COc3cc(C(C)C)ccc3C)cc2OC)cc1. The molecule has 1 N–H and O–H groups in total. The van der Waals surface area contributed by atoms with E-state index in [1.807, 2.05) is 19.1 Å². The van der Waals surface area contributed by atoms with Crippen LogP contribution in [0.15, 0.2) is 65.8 Å². The number of unbranched alkanes of at least 4 members (excludes halogenated alkanes) is 1. The van der Waals surface area contributed by atoms with E-state index in [2.05, 4.69) is 37.4 Å². The average Bonchev–Trinajstić information content (AvgIpc) is 2.93. The normalized spacial score (nSPS) is 10.9. The zero-order valence-electron chi connectivity index (χ0n) is 23.2. The second-order valence-corrected chi connectivity index (χ2v) is 9.29. The minimum Gasteiger partial charge on any atom is -0.494 e. The molecule has 0 heterocycles. The van der Waals surface area contributed by atoms with Crippen LogP contribution in [0.25, 0.3) is 0 Å². The molecular formula is C31H36N2O6. The number of hydrogen-bond donors (Lipinski definition) is 1. The maximum Gasteiger partial charge on any atom is 0.343 e. The number of benzene rings is 3. The summed E-state index contributed by atoms with van der Waals surface area (Å²) >= 11 is 0. The van der Waals surface area contributed by atoms with Gasteiger partial charge in [0.05, 0.1) is 25.5 Å². The molecule has 0 spiro atoms. The van der Waals surface area contributed by atoms with Crippen LogP contribution < -0.4 is 24.4 Å². The summed E-state index contributed by atoms with van der Waals surface area (Å²) < 4.78 is 22.2. The summed E-state index contributed by atoms with van der Waals surface area (Å²) in [5.74, 6) is 1.44. The number of hydrogen-bond acceptors (Lipinski definition) is 7. The van der Waals surface area contributed by atoms with Crippen molar-refractivity contribution in [3.8, 4) is 23.0 Å². The van der Waals surface area contributed by atoms with Crippen molar-refractivity contribution in [2.75, 3.05) is 20.3 Å². The molecule has 8 heteroatoms. The number of nitrogens with one attached hydrogen (secondary N) is 1. The monoisotopic (exact) mass is 532 g/mol. The zero-order valence-corrected chi connectivity index (χ0v) is 23.2. The molecular weight excluding hydrogens is 496 g/mol. The Kier molecular flexibility index (Phi) is 10.9. The first-order valence-corrected chi connectivity index (χ1v) is 13.0. The average molecular weight is 533 g/mol. The van der Waals surface area contributed by atoms with Crippen LogP contribution in [-0.2, 0) is 4.79 Å². The lowest BCUT2D eigenvalue weighted by atomic mass is 10.0. The summed E-state index contributed by atoms with van der Waals surface area (Å²) in [5.41, 5.74) is 5.58. The Hall–Kier alpha value is -4.33. The minimum absolute atomic E-state index is 0.163. The van der Waals surface area contributed by atoms with E-state index in [1.54, 1.807) is 42.5 Å². The molecule has 0 atom stereocenters. The third kappa shape index (κ3) is 8.88. The first-order valence-electron chi connectivity index (χ1n) is 13.0. The molecule has 8 nitrogen and oxygen atoms in total. The van der Waals surface area contributed by atoms with Gasteiger partial charge in [-0.05, 0) is 84.5 Å². The molecule has 0 aliphatic heterocycles. The van der Waals surface area contributed by atoms with Crippen molar-refractivity contribution in [1.29, 1.82) is 0 Å². The molecule has 0 aliphatic rings. The first-order chi connectivity index (χ1) is 18.8. The van der Waals surface area contributed by atoms with Gasteiger partial charge in [-0.3, -0.25) is 4.79 Å². The standard InChI is InChI=1S/C31H36N2O6/c1-6-7-16-37-26-13-11-24(12-14-26)31(35)39-27-15-9-23(17-29(27)36-5)19-32-33-30(34)20-38-28-18-25(21(2)3)10-8-22(28)4/h8-15,17-19,21H,6-7,16,20H2,1-5H3,(H,33,34)/b32-19-. The number of carbonyl (C=O) groups is 2. The molecule has 3 aromatic carbocycles. The van der Waals surface area contributed by atoms with E-state index in [0.29, 0.717) is 40.9 Å². The maximum absolute atomic E-state index is 12.6. The van der Waals surface area contributed by atoms with E-state index >= 15 is 0 Å². The third-order valence-corrected chi connectivity index (χ3v) is 5.89. The van der Waals surface area contributed by atoms with Crippen molar-refractivity contribution in [3.63, 3.8) is 0 Å². The summed E-state index contributed by atoms with van der Waals surface area (Å²) in [6.07, 6.45) is 3.49. The molecule has 206 valence electrons. The van der Waals surface area contributed by atoms with Crippen LogP contribution in [-0.4, -0.2) is 38.4 Å². The van der Waals surface area contributed by atoms with Gasteiger partial charge in [-0.2, -0.15) is 5.10 Å². The van der Waals surface area contributed by atoms with Crippen LogP contribution in [0, 0.1) is 6.92 Å². The molecule has 0 fully saturated rings. The van der Waals surface area contributed by atoms with Gasteiger partial charge >= 0.3 is 5.97 Å². The molecule has 0 saturated heterocycles. The fourth-order valence-electron chi connectivity index (χ4n) is 3.51. The van der Waals surface area contributed by atoms with Crippen molar-refractivity contribution in [3.05, 3.63) is 82.9 Å². The Morgan fingerprint density at radius 3 is 2.41 bits per heavy atom. The van der Waals surface area contributed by atoms with E-state index in [9.17, 15) is 9.59 Å². The van der Waals surface area contributed by atoms with E-state index < -0.39 is 5.97 Å². The van der Waals surface area contributed by atoms with E-state index in [0.717, 1.165) is 24.0 Å². The number of amides is 1. The van der Waals surface area contributed by atoms with Gasteiger partial charge in [-0.25, -0.2) is 10.2 Å². The number of esters is 1. The van der Waals surface area contributed by atoms with Crippen molar-refractivity contribution >= 4 is 18.1 Å². The molecule has 3 aromatic rings. The highest BCUT2D eigenvalue weighted by Gasteiger charge is 2.13. The van der Waals surface area contributed by atoms with Crippen LogP contribution in [0.2, 0.25) is 0 Å². The Bertz CT molecular complexity index is 1280. The molecule has 1 amide bonds. The number of rotatable bonds is 13. The maximum atomic E-state index is 12.6. The summed E-state index contributed by atoms with van der Waals surface area (Å²) in [5, 5.41) is 3.99. The quantitative estimate of drug-likeness (QED) is 0.0946. The van der Waals surface area contributed by atoms with E-state index in [4.69, 9.17) is 18.9 Å². The van der Waals surface area contributed by atoms with Gasteiger partial charge in [-0.1, -0.05) is 39.3 Å². The largest absolute Gasteiger partial charge is 0.494 e. The fraction of sp³-hybridized carbons (Fsp3) is 0.323. The Morgan fingerprint density at radius 1 is 0.949 bits per heavy atom. The molecule has 0 radical (unpaired) electrons. The third-order valence-electron chi connectivity index (χ3n) is 5.89. The predicted octanol–water partition coefficient (Wildman–Crippen LogP) is 6.05. The van der Waals surface area contributed by atoms with Crippen molar-refractivity contribution < 1.29 is 28.5 Å². The number of hydrazone groups is 1. The molecule has 39 heavy (non-hydrogen) atoms. The van der Waals surface area contributed by atoms with Crippen LogP contribution in [0.5, 0.6) is 23.0 Å². The number of nitrogens with zero attached hydrogens (tertiary/aromatic N) is 1. The first kappa shape index (κ1) is 29.2. The van der Waals surface area contributed by atoms with Gasteiger partial charge in [-0.15, -0.1) is 0 Å². The van der Waals surface area contributed by atoms with E-state index in [1.165, 1.54) is 13.3 Å². The van der Waals surface area contributed by atoms with Gasteiger partial charge in [0.2, 0.25) is 0 Å². The lowest BCUT2D eigenvalue weighted by Crippen LogP contribution is -2.24. The van der Waals surface area contributed by atoms with Gasteiger partial charge in [0.25, 0.3) is 5.91 Å². The summed E-state index contributed by atoms with van der Waals surface area (Å²) in [6.45, 7) is 8.71. The van der Waals surface area contributed by atoms with Gasteiger partial charge < -0.3 is 18.9 Å². The number of ether oxygens (including phenoxy) is 4. The van der Waals surface area contributed by atoms with Crippen LogP contribution in [0.3, 0.4) is 0 Å². The molecule has 0 bridgehead atoms. The zero-order chi connectivity index (χ0) is 28.2. The number of aryl methyl sites for hydroxylation is 1. The fourth-order valence-corrected chi connectivity index (χ4v) is 3.51. The van der Waals surface area contributed by atoms with Crippen molar-refractivity contribution in [1.82, 2.24) is 5.43 Å². The molecule has 0 aliphatic carbocycles. The Morgan fingerprint density at radius 2 is 1.72 bits per heavy atom. The van der Waals surface area contributed by atoms with E-state index in [-0.39, 0.29) is 18.3 Å². The Balaban J connectivity index is 1.54. The summed E-state index contributed by atoms with van der Waals surface area (Å²) in [7, 11) is 1.48.